The molecule has 0 fully saturated rings. The van der Waals surface area contributed by atoms with Crippen LogP contribution in [0.5, 0.6) is 0 Å². The summed E-state index contributed by atoms with van der Waals surface area (Å²) in [6.45, 7) is 3.61. The molecule has 0 aromatic carbocycles. The SMILES string of the molecule is CCc1nc(NCCCCCOC)cc(=O)[nH]1. The van der Waals surface area contributed by atoms with Crippen LogP contribution in [-0.4, -0.2) is 30.2 Å². The molecular weight excluding hydrogens is 218 g/mol. The summed E-state index contributed by atoms with van der Waals surface area (Å²) in [5.74, 6) is 1.39. The van der Waals surface area contributed by atoms with Crippen molar-refractivity contribution >= 4 is 5.82 Å². The van der Waals surface area contributed by atoms with E-state index in [9.17, 15) is 4.79 Å². The topological polar surface area (TPSA) is 67.0 Å². The third-order valence-corrected chi connectivity index (χ3v) is 2.46. The van der Waals surface area contributed by atoms with Crippen LogP contribution in [0, 0.1) is 0 Å². The molecule has 0 bridgehead atoms. The van der Waals surface area contributed by atoms with Gasteiger partial charge in [0.15, 0.2) is 0 Å². The van der Waals surface area contributed by atoms with E-state index in [2.05, 4.69) is 15.3 Å². The van der Waals surface area contributed by atoms with E-state index in [0.29, 0.717) is 5.82 Å². The monoisotopic (exact) mass is 239 g/mol. The van der Waals surface area contributed by atoms with E-state index in [0.717, 1.165) is 44.7 Å². The van der Waals surface area contributed by atoms with Crippen LogP contribution in [0.2, 0.25) is 0 Å². The van der Waals surface area contributed by atoms with Gasteiger partial charge in [0, 0.05) is 32.7 Å². The molecule has 0 aliphatic rings. The number of nitrogens with one attached hydrogen (secondary N) is 2. The lowest BCUT2D eigenvalue weighted by Crippen LogP contribution is -2.14. The summed E-state index contributed by atoms with van der Waals surface area (Å²) < 4.78 is 4.97. The number of anilines is 1. The van der Waals surface area contributed by atoms with Crippen LogP contribution >= 0.6 is 0 Å². The average Bonchev–Trinajstić information content (AvgIpc) is 2.33. The normalized spacial score (nSPS) is 10.5. The Morgan fingerprint density at radius 1 is 1.41 bits per heavy atom. The van der Waals surface area contributed by atoms with Gasteiger partial charge in [0.1, 0.15) is 11.6 Å². The van der Waals surface area contributed by atoms with Crippen molar-refractivity contribution in [3.05, 3.63) is 22.2 Å². The fraction of sp³-hybridized carbons (Fsp3) is 0.667. The molecule has 0 spiro atoms. The van der Waals surface area contributed by atoms with E-state index in [1.807, 2.05) is 6.92 Å². The number of unbranched alkanes of at least 4 members (excludes halogenated alkanes) is 2. The maximum Gasteiger partial charge on any atom is 0.252 e. The lowest BCUT2D eigenvalue weighted by atomic mass is 10.2. The molecule has 0 radical (unpaired) electrons. The van der Waals surface area contributed by atoms with E-state index >= 15 is 0 Å². The third kappa shape index (κ3) is 5.49. The minimum absolute atomic E-state index is 0.0984. The zero-order chi connectivity index (χ0) is 12.5. The van der Waals surface area contributed by atoms with Crippen LogP contribution in [0.1, 0.15) is 32.0 Å². The molecule has 5 heteroatoms. The van der Waals surface area contributed by atoms with Crippen molar-refractivity contribution in [2.45, 2.75) is 32.6 Å². The van der Waals surface area contributed by atoms with Crippen molar-refractivity contribution in [1.29, 1.82) is 0 Å². The molecule has 0 unspecified atom stereocenters. The van der Waals surface area contributed by atoms with E-state index in [-0.39, 0.29) is 5.56 Å². The second kappa shape index (κ2) is 7.84. The smallest absolute Gasteiger partial charge is 0.252 e. The summed E-state index contributed by atoms with van der Waals surface area (Å²) in [6.07, 6.45) is 3.98. The number of rotatable bonds is 8. The predicted octanol–water partition coefficient (Wildman–Crippen LogP) is 1.56. The van der Waals surface area contributed by atoms with Crippen molar-refractivity contribution in [3.63, 3.8) is 0 Å². The summed E-state index contributed by atoms with van der Waals surface area (Å²) in [4.78, 5) is 18.3. The molecule has 1 rings (SSSR count). The van der Waals surface area contributed by atoms with Crippen LogP contribution in [0.25, 0.3) is 0 Å². The van der Waals surface area contributed by atoms with Gasteiger partial charge >= 0.3 is 0 Å². The van der Waals surface area contributed by atoms with Crippen LogP contribution in [0.4, 0.5) is 5.82 Å². The van der Waals surface area contributed by atoms with Crippen LogP contribution in [0.3, 0.4) is 0 Å². The van der Waals surface area contributed by atoms with Gasteiger partial charge in [0.2, 0.25) is 0 Å². The van der Waals surface area contributed by atoms with Gasteiger partial charge in [-0.15, -0.1) is 0 Å². The van der Waals surface area contributed by atoms with Gasteiger partial charge in [0.05, 0.1) is 0 Å². The number of ether oxygens (including phenoxy) is 1. The zero-order valence-electron chi connectivity index (χ0n) is 10.6. The van der Waals surface area contributed by atoms with Gasteiger partial charge in [-0.05, 0) is 19.3 Å². The highest BCUT2D eigenvalue weighted by Crippen LogP contribution is 2.01. The van der Waals surface area contributed by atoms with E-state index in [1.165, 1.54) is 6.07 Å². The summed E-state index contributed by atoms with van der Waals surface area (Å²) in [5.41, 5.74) is -0.0984. The Balaban J connectivity index is 2.31. The first-order valence-electron chi connectivity index (χ1n) is 6.09. The average molecular weight is 239 g/mol. The van der Waals surface area contributed by atoms with Gasteiger partial charge in [-0.3, -0.25) is 4.79 Å². The standard InChI is InChI=1S/C12H21N3O2/c1-3-10-14-11(9-12(16)15-10)13-7-5-4-6-8-17-2/h9H,3-8H2,1-2H3,(H2,13,14,15,16). The summed E-state index contributed by atoms with van der Waals surface area (Å²) in [7, 11) is 1.71. The fourth-order valence-electron chi connectivity index (χ4n) is 1.53. The van der Waals surface area contributed by atoms with Crippen LogP contribution < -0.4 is 10.9 Å². The molecule has 1 heterocycles. The molecule has 0 atom stereocenters. The Morgan fingerprint density at radius 2 is 2.24 bits per heavy atom. The molecule has 0 amide bonds. The Bertz CT molecular complexity index is 376. The van der Waals surface area contributed by atoms with Crippen molar-refractivity contribution in [1.82, 2.24) is 9.97 Å². The molecule has 0 saturated carbocycles. The first-order chi connectivity index (χ1) is 8.26. The van der Waals surface area contributed by atoms with Gasteiger partial charge in [-0.2, -0.15) is 0 Å². The molecule has 5 nitrogen and oxygen atoms in total. The lowest BCUT2D eigenvalue weighted by molar-refractivity contribution is 0.192. The van der Waals surface area contributed by atoms with Crippen molar-refractivity contribution in [2.24, 2.45) is 0 Å². The van der Waals surface area contributed by atoms with Crippen molar-refractivity contribution in [3.8, 4) is 0 Å². The number of aromatic nitrogens is 2. The Kier molecular flexibility index (Phi) is 6.32. The minimum atomic E-state index is -0.0984. The van der Waals surface area contributed by atoms with E-state index in [4.69, 9.17) is 4.74 Å². The maximum atomic E-state index is 11.3. The van der Waals surface area contributed by atoms with Crippen LogP contribution in [0.15, 0.2) is 10.9 Å². The predicted molar refractivity (Wildman–Crippen MR) is 68.5 cm³/mol. The lowest BCUT2D eigenvalue weighted by Gasteiger charge is -2.06. The molecule has 1 aromatic heterocycles. The third-order valence-electron chi connectivity index (χ3n) is 2.46. The molecular formula is C12H21N3O2. The van der Waals surface area contributed by atoms with Crippen LogP contribution in [-0.2, 0) is 11.2 Å². The quantitative estimate of drug-likeness (QED) is 0.676. The fourth-order valence-corrected chi connectivity index (χ4v) is 1.53. The molecule has 0 saturated heterocycles. The van der Waals surface area contributed by atoms with E-state index < -0.39 is 0 Å². The Morgan fingerprint density at radius 3 is 2.94 bits per heavy atom. The number of hydrogen-bond donors (Lipinski definition) is 2. The van der Waals surface area contributed by atoms with Gasteiger partial charge in [0.25, 0.3) is 5.56 Å². The molecule has 96 valence electrons. The maximum absolute atomic E-state index is 11.3. The first-order valence-corrected chi connectivity index (χ1v) is 6.09. The first kappa shape index (κ1) is 13.7. The van der Waals surface area contributed by atoms with E-state index in [1.54, 1.807) is 7.11 Å². The second-order valence-corrected chi connectivity index (χ2v) is 3.91. The number of hydrogen-bond acceptors (Lipinski definition) is 4. The number of H-pyrrole nitrogens is 1. The molecule has 0 aliphatic heterocycles. The van der Waals surface area contributed by atoms with Gasteiger partial charge in [-0.25, -0.2) is 4.98 Å². The minimum Gasteiger partial charge on any atom is -0.385 e. The summed E-state index contributed by atoms with van der Waals surface area (Å²) in [6, 6.07) is 1.49. The number of aromatic amines is 1. The van der Waals surface area contributed by atoms with Gasteiger partial charge < -0.3 is 15.0 Å². The number of methoxy groups -OCH3 is 1. The highest BCUT2D eigenvalue weighted by Gasteiger charge is 1.98. The summed E-state index contributed by atoms with van der Waals surface area (Å²) >= 11 is 0. The number of aryl methyl sites for hydroxylation is 1. The number of nitrogens with zero attached hydrogens (tertiary/aromatic N) is 1. The largest absolute Gasteiger partial charge is 0.385 e. The highest BCUT2D eigenvalue weighted by atomic mass is 16.5. The summed E-state index contributed by atoms with van der Waals surface area (Å²) in [5, 5.41) is 3.17. The van der Waals surface area contributed by atoms with Gasteiger partial charge in [-0.1, -0.05) is 6.92 Å². The zero-order valence-corrected chi connectivity index (χ0v) is 10.6. The second-order valence-electron chi connectivity index (χ2n) is 3.91. The molecule has 0 aliphatic carbocycles. The Labute approximate surface area is 102 Å². The van der Waals surface area contributed by atoms with Crippen molar-refractivity contribution < 1.29 is 4.74 Å². The molecule has 17 heavy (non-hydrogen) atoms. The highest BCUT2D eigenvalue weighted by molar-refractivity contribution is 5.32. The van der Waals surface area contributed by atoms with Crippen molar-refractivity contribution in [2.75, 3.05) is 25.6 Å². The molecule has 2 N–H and O–H groups in total. The Hall–Kier alpha value is -1.36. The molecule has 1 aromatic rings.